The van der Waals surface area contributed by atoms with Crippen molar-refractivity contribution in [1.82, 2.24) is 4.37 Å². The van der Waals surface area contributed by atoms with Crippen LogP contribution in [0.3, 0.4) is 0 Å². The third kappa shape index (κ3) is 2.24. The number of aliphatic carboxylic acids is 1. The van der Waals surface area contributed by atoms with Gasteiger partial charge in [0.1, 0.15) is 6.61 Å². The third-order valence-electron chi connectivity index (χ3n) is 1.90. The highest BCUT2D eigenvalue weighted by Gasteiger charge is 2.06. The number of nitrogens with zero attached hydrogens (tertiary/aromatic N) is 1. The molecule has 1 N–H and O–H groups in total. The highest BCUT2D eigenvalue weighted by molar-refractivity contribution is 7.13. The van der Waals surface area contributed by atoms with Gasteiger partial charge in [-0.25, -0.2) is 0 Å². The zero-order valence-electron chi connectivity index (χ0n) is 7.84. The Morgan fingerprint density at radius 3 is 3.07 bits per heavy atom. The molecule has 2 aromatic rings. The Morgan fingerprint density at radius 1 is 1.47 bits per heavy atom. The Labute approximate surface area is 90.3 Å². The molecular formula is C10H9NO3S. The van der Waals surface area contributed by atoms with Crippen LogP contribution in [0.25, 0.3) is 10.1 Å². The number of benzene rings is 1. The molecule has 0 aliphatic carbocycles. The van der Waals surface area contributed by atoms with Crippen molar-refractivity contribution in [2.24, 2.45) is 0 Å². The van der Waals surface area contributed by atoms with Crippen molar-refractivity contribution < 1.29 is 14.6 Å². The first-order chi connectivity index (χ1) is 7.27. The first-order valence-electron chi connectivity index (χ1n) is 4.46. The summed E-state index contributed by atoms with van der Waals surface area (Å²) in [5, 5.41) is 9.40. The van der Waals surface area contributed by atoms with Crippen molar-refractivity contribution in [3.63, 3.8) is 0 Å². The third-order valence-corrected chi connectivity index (χ3v) is 2.71. The summed E-state index contributed by atoms with van der Waals surface area (Å²) in [6.45, 7) is 0.156. The standard InChI is InChI=1S/C10H9NO3S/c12-9(13)5-6-14-10-7-3-1-2-4-8(7)15-11-10/h1-4H,5-6H2,(H,12,13). The second kappa shape index (κ2) is 4.27. The lowest BCUT2D eigenvalue weighted by Crippen LogP contribution is -2.04. The Hall–Kier alpha value is -1.62. The number of carboxylic acid groups (broad SMARTS) is 1. The van der Waals surface area contributed by atoms with Crippen LogP contribution in [0.15, 0.2) is 24.3 Å². The maximum atomic E-state index is 10.3. The van der Waals surface area contributed by atoms with E-state index < -0.39 is 5.97 Å². The highest BCUT2D eigenvalue weighted by Crippen LogP contribution is 2.27. The van der Waals surface area contributed by atoms with Crippen molar-refractivity contribution in [3.05, 3.63) is 24.3 Å². The molecule has 0 unspecified atom stereocenters. The molecule has 0 saturated carbocycles. The van der Waals surface area contributed by atoms with E-state index in [1.54, 1.807) is 0 Å². The van der Waals surface area contributed by atoms with E-state index in [0.29, 0.717) is 5.88 Å². The molecule has 1 heterocycles. The van der Waals surface area contributed by atoms with Crippen molar-refractivity contribution in [3.8, 4) is 5.88 Å². The summed E-state index contributed by atoms with van der Waals surface area (Å²) in [4.78, 5) is 10.3. The molecule has 0 aliphatic rings. The molecule has 5 heteroatoms. The van der Waals surface area contributed by atoms with Gasteiger partial charge in [0.25, 0.3) is 0 Å². The van der Waals surface area contributed by atoms with E-state index in [2.05, 4.69) is 4.37 Å². The van der Waals surface area contributed by atoms with Gasteiger partial charge in [0, 0.05) is 0 Å². The molecule has 0 amide bonds. The molecular weight excluding hydrogens is 214 g/mol. The van der Waals surface area contributed by atoms with Crippen LogP contribution >= 0.6 is 11.5 Å². The van der Waals surface area contributed by atoms with Crippen LogP contribution in [0.4, 0.5) is 0 Å². The van der Waals surface area contributed by atoms with E-state index in [1.807, 2.05) is 24.3 Å². The number of aromatic nitrogens is 1. The number of hydrogen-bond acceptors (Lipinski definition) is 4. The molecule has 4 nitrogen and oxygen atoms in total. The molecule has 1 aromatic carbocycles. The first kappa shape index (κ1) is 9.92. The van der Waals surface area contributed by atoms with Gasteiger partial charge in [-0.15, -0.1) is 0 Å². The Kier molecular flexibility index (Phi) is 2.82. The van der Waals surface area contributed by atoms with Crippen molar-refractivity contribution >= 4 is 27.6 Å². The minimum atomic E-state index is -0.866. The van der Waals surface area contributed by atoms with Crippen LogP contribution in [0.2, 0.25) is 0 Å². The normalized spacial score (nSPS) is 10.4. The summed E-state index contributed by atoms with van der Waals surface area (Å²) in [5.74, 6) is -0.341. The van der Waals surface area contributed by atoms with Crippen LogP contribution in [0, 0.1) is 0 Å². The molecule has 0 fully saturated rings. The molecule has 0 radical (unpaired) electrons. The largest absolute Gasteiger partial charge is 0.481 e. The molecule has 15 heavy (non-hydrogen) atoms. The van der Waals surface area contributed by atoms with Crippen LogP contribution in [0.5, 0.6) is 5.88 Å². The van der Waals surface area contributed by atoms with E-state index in [0.717, 1.165) is 10.1 Å². The zero-order chi connectivity index (χ0) is 10.7. The SMILES string of the molecule is O=C(O)CCOc1nsc2ccccc12. The van der Waals surface area contributed by atoms with Gasteiger partial charge in [0.15, 0.2) is 0 Å². The Morgan fingerprint density at radius 2 is 2.27 bits per heavy atom. The van der Waals surface area contributed by atoms with Gasteiger partial charge < -0.3 is 9.84 Å². The van der Waals surface area contributed by atoms with E-state index in [-0.39, 0.29) is 13.0 Å². The maximum absolute atomic E-state index is 10.3. The van der Waals surface area contributed by atoms with Crippen molar-refractivity contribution in [2.45, 2.75) is 6.42 Å². The van der Waals surface area contributed by atoms with Crippen LogP contribution in [0.1, 0.15) is 6.42 Å². The lowest BCUT2D eigenvalue weighted by Gasteiger charge is -2.00. The van der Waals surface area contributed by atoms with Gasteiger partial charge in [-0.1, -0.05) is 12.1 Å². The second-order valence-corrected chi connectivity index (χ2v) is 3.78. The number of ether oxygens (including phenoxy) is 1. The predicted molar refractivity (Wildman–Crippen MR) is 57.4 cm³/mol. The minimum Gasteiger partial charge on any atom is -0.481 e. The number of carbonyl (C=O) groups is 1. The predicted octanol–water partition coefficient (Wildman–Crippen LogP) is 2.15. The van der Waals surface area contributed by atoms with E-state index in [9.17, 15) is 4.79 Å². The summed E-state index contributed by atoms with van der Waals surface area (Å²) < 4.78 is 10.5. The average molecular weight is 223 g/mol. The Bertz CT molecular complexity index is 480. The molecule has 0 bridgehead atoms. The fourth-order valence-electron chi connectivity index (χ4n) is 1.20. The summed E-state index contributed by atoms with van der Waals surface area (Å²) >= 11 is 1.35. The number of hydrogen-bond donors (Lipinski definition) is 1. The summed E-state index contributed by atoms with van der Waals surface area (Å²) in [6, 6.07) is 7.70. The van der Waals surface area contributed by atoms with Gasteiger partial charge in [-0.3, -0.25) is 4.79 Å². The quantitative estimate of drug-likeness (QED) is 0.862. The minimum absolute atomic E-state index is 0.00808. The molecule has 0 atom stereocenters. The van der Waals surface area contributed by atoms with Gasteiger partial charge in [0.2, 0.25) is 5.88 Å². The number of fused-ring (bicyclic) bond motifs is 1. The van der Waals surface area contributed by atoms with Crippen LogP contribution in [-0.2, 0) is 4.79 Å². The van der Waals surface area contributed by atoms with Crippen molar-refractivity contribution in [2.75, 3.05) is 6.61 Å². The molecule has 0 spiro atoms. The summed E-state index contributed by atoms with van der Waals surface area (Å²) in [6.07, 6.45) is -0.00808. The van der Waals surface area contributed by atoms with E-state index in [4.69, 9.17) is 9.84 Å². The summed E-state index contributed by atoms with van der Waals surface area (Å²) in [7, 11) is 0. The number of carboxylic acids is 1. The lowest BCUT2D eigenvalue weighted by molar-refractivity contribution is -0.137. The second-order valence-electron chi connectivity index (χ2n) is 2.98. The smallest absolute Gasteiger partial charge is 0.306 e. The van der Waals surface area contributed by atoms with E-state index in [1.165, 1.54) is 11.5 Å². The fourth-order valence-corrected chi connectivity index (χ4v) is 1.93. The molecule has 0 saturated heterocycles. The van der Waals surface area contributed by atoms with Gasteiger partial charge >= 0.3 is 5.97 Å². The molecule has 78 valence electrons. The highest BCUT2D eigenvalue weighted by atomic mass is 32.1. The van der Waals surface area contributed by atoms with Gasteiger partial charge in [-0.05, 0) is 23.7 Å². The Balaban J connectivity index is 2.11. The monoisotopic (exact) mass is 223 g/mol. The first-order valence-corrected chi connectivity index (χ1v) is 5.24. The molecule has 2 rings (SSSR count). The molecule has 0 aliphatic heterocycles. The lowest BCUT2D eigenvalue weighted by atomic mass is 10.3. The van der Waals surface area contributed by atoms with Crippen LogP contribution < -0.4 is 4.74 Å². The van der Waals surface area contributed by atoms with Gasteiger partial charge in [0.05, 0.1) is 16.5 Å². The number of rotatable bonds is 4. The van der Waals surface area contributed by atoms with E-state index >= 15 is 0 Å². The topological polar surface area (TPSA) is 59.4 Å². The fraction of sp³-hybridized carbons (Fsp3) is 0.200. The van der Waals surface area contributed by atoms with Crippen molar-refractivity contribution in [1.29, 1.82) is 0 Å². The zero-order valence-corrected chi connectivity index (χ0v) is 8.66. The average Bonchev–Trinajstić information content (AvgIpc) is 2.62. The maximum Gasteiger partial charge on any atom is 0.306 e. The summed E-state index contributed by atoms with van der Waals surface area (Å²) in [5.41, 5.74) is 0. The van der Waals surface area contributed by atoms with Gasteiger partial charge in [-0.2, -0.15) is 4.37 Å². The molecule has 1 aromatic heterocycles. The van der Waals surface area contributed by atoms with Crippen LogP contribution in [-0.4, -0.2) is 22.1 Å².